The van der Waals surface area contributed by atoms with Crippen molar-refractivity contribution in [1.29, 1.82) is 0 Å². The third-order valence-corrected chi connectivity index (χ3v) is 4.51. The van der Waals surface area contributed by atoms with Crippen molar-refractivity contribution in [2.75, 3.05) is 18.1 Å². The summed E-state index contributed by atoms with van der Waals surface area (Å²) in [6.45, 7) is 7.53. The van der Waals surface area contributed by atoms with Crippen molar-refractivity contribution in [2.24, 2.45) is 5.92 Å². The summed E-state index contributed by atoms with van der Waals surface area (Å²) in [4.78, 5) is 0. The first kappa shape index (κ1) is 10.8. The van der Waals surface area contributed by atoms with Crippen LogP contribution in [0.15, 0.2) is 0 Å². The Hall–Kier alpha value is 0.270. The van der Waals surface area contributed by atoms with E-state index >= 15 is 0 Å². The van der Waals surface area contributed by atoms with Gasteiger partial charge in [-0.1, -0.05) is 0 Å². The van der Waals surface area contributed by atoms with Gasteiger partial charge in [-0.2, -0.15) is 11.8 Å². The standard InChI is InChI=1S/C11H21NOS/c1-10(2)8-12-11(3,13-10)9-5-4-6-14-7-9/h9,12H,4-8H2,1-3H3. The van der Waals surface area contributed by atoms with Crippen molar-refractivity contribution in [3.63, 3.8) is 0 Å². The molecule has 2 atom stereocenters. The summed E-state index contributed by atoms with van der Waals surface area (Å²) in [6, 6.07) is 0. The molecule has 0 aromatic carbocycles. The van der Waals surface area contributed by atoms with Crippen LogP contribution >= 0.6 is 11.8 Å². The highest BCUT2D eigenvalue weighted by atomic mass is 32.2. The molecule has 3 heteroatoms. The fraction of sp³-hybridized carbons (Fsp3) is 1.00. The van der Waals surface area contributed by atoms with Crippen LogP contribution in [-0.4, -0.2) is 29.4 Å². The zero-order valence-electron chi connectivity index (χ0n) is 9.43. The number of hydrogen-bond donors (Lipinski definition) is 1. The lowest BCUT2D eigenvalue weighted by Crippen LogP contribution is -2.47. The SMILES string of the molecule is CC1(C)CNC(C)(C2CCCSC2)O1. The van der Waals surface area contributed by atoms with Crippen molar-refractivity contribution in [3.05, 3.63) is 0 Å². The van der Waals surface area contributed by atoms with Crippen LogP contribution in [0.5, 0.6) is 0 Å². The van der Waals surface area contributed by atoms with Crippen molar-refractivity contribution in [3.8, 4) is 0 Å². The van der Waals surface area contributed by atoms with Crippen LogP contribution in [0.2, 0.25) is 0 Å². The monoisotopic (exact) mass is 215 g/mol. The normalized spacial score (nSPS) is 42.6. The molecule has 0 aromatic heterocycles. The van der Waals surface area contributed by atoms with E-state index in [1.165, 1.54) is 24.3 Å². The second-order valence-electron chi connectivity index (χ2n) is 5.24. The van der Waals surface area contributed by atoms with Crippen molar-refractivity contribution >= 4 is 11.8 Å². The Morgan fingerprint density at radius 2 is 2.14 bits per heavy atom. The number of thioether (sulfide) groups is 1. The summed E-state index contributed by atoms with van der Waals surface area (Å²) in [5.74, 6) is 3.26. The lowest BCUT2D eigenvalue weighted by molar-refractivity contribution is -0.109. The highest BCUT2D eigenvalue weighted by molar-refractivity contribution is 7.99. The summed E-state index contributed by atoms with van der Waals surface area (Å²) in [5, 5.41) is 3.56. The Labute approximate surface area is 91.2 Å². The van der Waals surface area contributed by atoms with E-state index in [0.29, 0.717) is 5.92 Å². The topological polar surface area (TPSA) is 21.3 Å². The van der Waals surface area contributed by atoms with Gasteiger partial charge in [0.2, 0.25) is 0 Å². The van der Waals surface area contributed by atoms with Crippen LogP contribution in [-0.2, 0) is 4.74 Å². The minimum atomic E-state index is -0.0725. The van der Waals surface area contributed by atoms with Crippen LogP contribution in [0.3, 0.4) is 0 Å². The number of hydrogen-bond acceptors (Lipinski definition) is 3. The van der Waals surface area contributed by atoms with Crippen LogP contribution in [0, 0.1) is 5.92 Å². The molecule has 0 aliphatic carbocycles. The maximum absolute atomic E-state index is 6.15. The van der Waals surface area contributed by atoms with E-state index in [1.54, 1.807) is 0 Å². The number of rotatable bonds is 1. The van der Waals surface area contributed by atoms with Crippen molar-refractivity contribution < 1.29 is 4.74 Å². The summed E-state index contributed by atoms with van der Waals surface area (Å²) in [7, 11) is 0. The van der Waals surface area contributed by atoms with E-state index in [9.17, 15) is 0 Å². The second kappa shape index (κ2) is 3.69. The molecular formula is C11H21NOS. The quantitative estimate of drug-likeness (QED) is 0.725. The maximum Gasteiger partial charge on any atom is 0.120 e. The van der Waals surface area contributed by atoms with Crippen LogP contribution in [0.25, 0.3) is 0 Å². The fourth-order valence-electron chi connectivity index (χ4n) is 2.44. The average Bonchev–Trinajstić information content (AvgIpc) is 2.44. The molecule has 1 N–H and O–H groups in total. The van der Waals surface area contributed by atoms with Gasteiger partial charge in [0.15, 0.2) is 0 Å². The Morgan fingerprint density at radius 3 is 2.64 bits per heavy atom. The molecule has 0 amide bonds. The number of nitrogens with one attached hydrogen (secondary N) is 1. The van der Waals surface area contributed by atoms with E-state index in [-0.39, 0.29) is 11.3 Å². The van der Waals surface area contributed by atoms with Gasteiger partial charge in [0.1, 0.15) is 5.72 Å². The zero-order valence-corrected chi connectivity index (χ0v) is 10.2. The van der Waals surface area contributed by atoms with Crippen LogP contribution in [0.1, 0.15) is 33.6 Å². The van der Waals surface area contributed by atoms with Crippen LogP contribution in [0.4, 0.5) is 0 Å². The molecule has 2 saturated heterocycles. The summed E-state index contributed by atoms with van der Waals surface area (Å²) in [6.07, 6.45) is 2.66. The van der Waals surface area contributed by atoms with E-state index in [4.69, 9.17) is 4.74 Å². The minimum absolute atomic E-state index is 0.0108. The molecule has 2 aliphatic heterocycles. The van der Waals surface area contributed by atoms with Gasteiger partial charge in [0.05, 0.1) is 5.60 Å². The molecule has 82 valence electrons. The lowest BCUT2D eigenvalue weighted by atomic mass is 9.94. The maximum atomic E-state index is 6.15. The first-order valence-electron chi connectivity index (χ1n) is 5.55. The van der Waals surface area contributed by atoms with Gasteiger partial charge in [0, 0.05) is 18.2 Å². The molecule has 2 rings (SSSR count). The smallest absolute Gasteiger partial charge is 0.120 e. The van der Waals surface area contributed by atoms with Gasteiger partial charge in [-0.15, -0.1) is 0 Å². The van der Waals surface area contributed by atoms with E-state index in [2.05, 4.69) is 37.8 Å². The molecule has 2 fully saturated rings. The third-order valence-electron chi connectivity index (χ3n) is 3.29. The van der Waals surface area contributed by atoms with Crippen LogP contribution < -0.4 is 5.32 Å². The second-order valence-corrected chi connectivity index (χ2v) is 6.39. The highest BCUT2D eigenvalue weighted by Crippen LogP contribution is 2.37. The fourth-order valence-corrected chi connectivity index (χ4v) is 3.74. The number of ether oxygens (including phenoxy) is 1. The molecule has 2 heterocycles. The molecular weight excluding hydrogens is 194 g/mol. The molecule has 2 aliphatic rings. The van der Waals surface area contributed by atoms with Crippen molar-refractivity contribution in [1.82, 2.24) is 5.32 Å². The Bertz CT molecular complexity index is 213. The molecule has 0 saturated carbocycles. The van der Waals surface area contributed by atoms with Crippen molar-refractivity contribution in [2.45, 2.75) is 44.9 Å². The molecule has 2 nitrogen and oxygen atoms in total. The Morgan fingerprint density at radius 1 is 1.36 bits per heavy atom. The van der Waals surface area contributed by atoms with E-state index in [1.807, 2.05) is 0 Å². The molecule has 2 unspecified atom stereocenters. The first-order chi connectivity index (χ1) is 6.52. The van der Waals surface area contributed by atoms with Gasteiger partial charge >= 0.3 is 0 Å². The minimum Gasteiger partial charge on any atom is -0.353 e. The summed E-state index contributed by atoms with van der Waals surface area (Å²) in [5.41, 5.74) is -0.0617. The Balaban J connectivity index is 2.01. The van der Waals surface area contributed by atoms with Gasteiger partial charge < -0.3 is 4.74 Å². The van der Waals surface area contributed by atoms with Gasteiger partial charge in [0.25, 0.3) is 0 Å². The molecule has 14 heavy (non-hydrogen) atoms. The first-order valence-corrected chi connectivity index (χ1v) is 6.70. The molecule has 0 bridgehead atoms. The average molecular weight is 215 g/mol. The predicted octanol–water partition coefficient (Wildman–Crippen LogP) is 2.24. The Kier molecular flexibility index (Phi) is 2.84. The largest absolute Gasteiger partial charge is 0.353 e. The highest BCUT2D eigenvalue weighted by Gasteiger charge is 2.45. The zero-order chi connectivity index (χ0) is 10.2. The van der Waals surface area contributed by atoms with Gasteiger partial charge in [-0.3, -0.25) is 5.32 Å². The van der Waals surface area contributed by atoms with E-state index in [0.717, 1.165) is 6.54 Å². The third kappa shape index (κ3) is 2.10. The van der Waals surface area contributed by atoms with Gasteiger partial charge in [-0.05, 0) is 39.4 Å². The van der Waals surface area contributed by atoms with E-state index < -0.39 is 0 Å². The predicted molar refractivity (Wildman–Crippen MR) is 61.6 cm³/mol. The summed E-state index contributed by atoms with van der Waals surface area (Å²) < 4.78 is 6.15. The lowest BCUT2D eigenvalue weighted by Gasteiger charge is -2.37. The molecule has 0 radical (unpaired) electrons. The summed E-state index contributed by atoms with van der Waals surface area (Å²) >= 11 is 2.07. The molecule has 0 spiro atoms. The molecule has 0 aromatic rings. The van der Waals surface area contributed by atoms with Gasteiger partial charge in [-0.25, -0.2) is 0 Å².